The molecule has 0 unspecified atom stereocenters. The summed E-state index contributed by atoms with van der Waals surface area (Å²) >= 11 is 0. The van der Waals surface area contributed by atoms with Crippen molar-refractivity contribution in [3.05, 3.63) is 24.3 Å². The second-order valence-corrected chi connectivity index (χ2v) is 4.39. The number of aliphatic hydroxyl groups excluding tert-OH is 1. The third-order valence-corrected chi connectivity index (χ3v) is 3.05. The number of aliphatic hydroxyl groups is 1. The molecule has 1 saturated heterocycles. The van der Waals surface area contributed by atoms with E-state index in [-0.39, 0.29) is 24.4 Å². The van der Waals surface area contributed by atoms with Gasteiger partial charge in [0.2, 0.25) is 0 Å². The second-order valence-electron chi connectivity index (χ2n) is 4.39. The molecule has 2 heterocycles. The topological polar surface area (TPSA) is 38.7 Å². The van der Waals surface area contributed by atoms with Crippen molar-refractivity contribution in [2.24, 2.45) is 0 Å². The predicted octanol–water partition coefficient (Wildman–Crippen LogP) is 1.42. The summed E-state index contributed by atoms with van der Waals surface area (Å²) in [7, 11) is 0. The largest absolute Gasteiger partial charge is 0.391 e. The quantitative estimate of drug-likeness (QED) is 0.716. The Labute approximate surface area is 90.4 Å². The van der Waals surface area contributed by atoms with E-state index in [1.807, 2.05) is 13.0 Å². The highest BCUT2D eigenvalue weighted by molar-refractivity contribution is 5.22. The van der Waals surface area contributed by atoms with Crippen LogP contribution in [0.1, 0.15) is 20.3 Å². The Hall–Kier alpha value is -0.640. The Balaban J connectivity index is 2.01. The van der Waals surface area contributed by atoms with E-state index in [1.165, 1.54) is 0 Å². The molecule has 1 fully saturated rings. The minimum absolute atomic E-state index is 0.0163. The first-order valence-corrected chi connectivity index (χ1v) is 5.43. The molecule has 0 aromatic rings. The van der Waals surface area contributed by atoms with Crippen LogP contribution in [0.4, 0.5) is 0 Å². The molecule has 0 saturated carbocycles. The molecule has 0 spiro atoms. The fraction of sp³-hybridized carbons (Fsp3) is 0.667. The number of ether oxygens (including phenoxy) is 2. The van der Waals surface area contributed by atoms with E-state index in [0.717, 1.165) is 12.0 Å². The fourth-order valence-corrected chi connectivity index (χ4v) is 1.94. The molecular formula is C12H18O3. The summed E-state index contributed by atoms with van der Waals surface area (Å²) in [5, 5.41) is 9.39. The maximum atomic E-state index is 9.39. The standard InChI is InChI=1S/C12H18O3/c1-7-6-10-4-5-11(15-10)12(7)14-9(3)8(2)13/h4-5,8-13H,1,6H2,2-3H3/t8-,9+,10+,11-,12-/m0/s1. The lowest BCUT2D eigenvalue weighted by Gasteiger charge is -2.34. The molecule has 5 atom stereocenters. The molecule has 3 nitrogen and oxygen atoms in total. The average Bonchev–Trinajstić information content (AvgIpc) is 2.56. The van der Waals surface area contributed by atoms with Crippen LogP contribution in [0.25, 0.3) is 0 Å². The zero-order valence-electron chi connectivity index (χ0n) is 9.22. The van der Waals surface area contributed by atoms with Gasteiger partial charge in [0.05, 0.1) is 18.3 Å². The molecule has 3 heteroatoms. The van der Waals surface area contributed by atoms with Crippen LogP contribution in [0, 0.1) is 0 Å². The molecule has 0 radical (unpaired) electrons. The molecule has 2 aliphatic rings. The van der Waals surface area contributed by atoms with Gasteiger partial charge in [-0.25, -0.2) is 0 Å². The third kappa shape index (κ3) is 2.14. The van der Waals surface area contributed by atoms with Crippen molar-refractivity contribution >= 4 is 0 Å². The minimum Gasteiger partial charge on any atom is -0.391 e. The molecular weight excluding hydrogens is 192 g/mol. The lowest BCUT2D eigenvalue weighted by molar-refractivity contribution is -0.113. The van der Waals surface area contributed by atoms with Crippen LogP contribution < -0.4 is 0 Å². The van der Waals surface area contributed by atoms with Crippen LogP contribution >= 0.6 is 0 Å². The number of hydrogen-bond donors (Lipinski definition) is 1. The first-order chi connectivity index (χ1) is 7.08. The van der Waals surface area contributed by atoms with Gasteiger partial charge in [-0.2, -0.15) is 0 Å². The summed E-state index contributed by atoms with van der Waals surface area (Å²) < 4.78 is 11.5. The lowest BCUT2D eigenvalue weighted by Crippen LogP contribution is -2.40. The Kier molecular flexibility index (Phi) is 2.96. The Morgan fingerprint density at radius 1 is 1.53 bits per heavy atom. The van der Waals surface area contributed by atoms with Crippen LogP contribution in [-0.2, 0) is 9.47 Å². The second kappa shape index (κ2) is 4.08. The molecule has 2 aliphatic heterocycles. The third-order valence-electron chi connectivity index (χ3n) is 3.05. The molecule has 2 rings (SSSR count). The van der Waals surface area contributed by atoms with E-state index in [0.29, 0.717) is 0 Å². The van der Waals surface area contributed by atoms with Crippen LogP contribution in [0.2, 0.25) is 0 Å². The van der Waals surface area contributed by atoms with Gasteiger partial charge >= 0.3 is 0 Å². The van der Waals surface area contributed by atoms with Crippen molar-refractivity contribution in [2.75, 3.05) is 0 Å². The molecule has 0 aromatic carbocycles. The van der Waals surface area contributed by atoms with E-state index in [1.54, 1.807) is 6.92 Å². The van der Waals surface area contributed by atoms with E-state index < -0.39 is 6.10 Å². The highest BCUT2D eigenvalue weighted by Crippen LogP contribution is 2.32. The normalized spacial score (nSPS) is 38.1. The maximum absolute atomic E-state index is 9.39. The number of hydrogen-bond acceptors (Lipinski definition) is 3. The van der Waals surface area contributed by atoms with Gasteiger partial charge in [-0.1, -0.05) is 18.7 Å². The maximum Gasteiger partial charge on any atom is 0.109 e. The zero-order valence-corrected chi connectivity index (χ0v) is 9.22. The summed E-state index contributed by atoms with van der Waals surface area (Å²) in [5.41, 5.74) is 1.06. The van der Waals surface area contributed by atoms with Crippen LogP contribution in [0.15, 0.2) is 24.3 Å². The smallest absolute Gasteiger partial charge is 0.109 e. The Morgan fingerprint density at radius 3 is 2.93 bits per heavy atom. The molecule has 1 N–H and O–H groups in total. The summed E-state index contributed by atoms with van der Waals surface area (Å²) in [6.45, 7) is 7.61. The summed E-state index contributed by atoms with van der Waals surface area (Å²) in [6.07, 6.45) is 4.31. The number of fused-ring (bicyclic) bond motifs is 2. The van der Waals surface area contributed by atoms with Crippen molar-refractivity contribution in [3.8, 4) is 0 Å². The first kappa shape index (κ1) is 10.9. The summed E-state index contributed by atoms with van der Waals surface area (Å²) in [6, 6.07) is 0. The van der Waals surface area contributed by atoms with Gasteiger partial charge in [0.15, 0.2) is 0 Å². The monoisotopic (exact) mass is 210 g/mol. The van der Waals surface area contributed by atoms with Gasteiger partial charge < -0.3 is 14.6 Å². The van der Waals surface area contributed by atoms with E-state index in [9.17, 15) is 5.11 Å². The highest BCUT2D eigenvalue weighted by atomic mass is 16.6. The minimum atomic E-state index is -0.471. The van der Waals surface area contributed by atoms with Gasteiger partial charge in [-0.05, 0) is 19.4 Å². The Morgan fingerprint density at radius 2 is 2.27 bits per heavy atom. The molecule has 0 amide bonds. The van der Waals surface area contributed by atoms with E-state index in [4.69, 9.17) is 9.47 Å². The number of rotatable bonds is 3. The SMILES string of the molecule is C=C1C[C@H]2C=C[C@H](O2)[C@H]1O[C@H](C)[C@H](C)O. The molecule has 0 aromatic heterocycles. The van der Waals surface area contributed by atoms with Crippen molar-refractivity contribution in [3.63, 3.8) is 0 Å². The first-order valence-electron chi connectivity index (χ1n) is 5.43. The lowest BCUT2D eigenvalue weighted by atomic mass is 10.00. The van der Waals surface area contributed by atoms with Gasteiger partial charge in [0, 0.05) is 6.42 Å². The highest BCUT2D eigenvalue weighted by Gasteiger charge is 2.37. The van der Waals surface area contributed by atoms with Crippen molar-refractivity contribution in [1.29, 1.82) is 0 Å². The van der Waals surface area contributed by atoms with Crippen molar-refractivity contribution in [1.82, 2.24) is 0 Å². The summed E-state index contributed by atoms with van der Waals surface area (Å²) in [4.78, 5) is 0. The summed E-state index contributed by atoms with van der Waals surface area (Å²) in [5.74, 6) is 0. The fourth-order valence-electron chi connectivity index (χ4n) is 1.94. The van der Waals surface area contributed by atoms with Gasteiger partial charge in [0.25, 0.3) is 0 Å². The Bertz CT molecular complexity index is 283. The zero-order chi connectivity index (χ0) is 11.0. The molecule has 0 aliphatic carbocycles. The molecule has 2 bridgehead atoms. The predicted molar refractivity (Wildman–Crippen MR) is 57.6 cm³/mol. The average molecular weight is 210 g/mol. The van der Waals surface area contributed by atoms with Gasteiger partial charge in [0.1, 0.15) is 12.2 Å². The van der Waals surface area contributed by atoms with E-state index in [2.05, 4.69) is 12.7 Å². The molecule has 84 valence electrons. The van der Waals surface area contributed by atoms with Gasteiger partial charge in [-0.15, -0.1) is 0 Å². The van der Waals surface area contributed by atoms with E-state index >= 15 is 0 Å². The van der Waals surface area contributed by atoms with Crippen LogP contribution in [0.5, 0.6) is 0 Å². The van der Waals surface area contributed by atoms with Crippen LogP contribution in [0.3, 0.4) is 0 Å². The van der Waals surface area contributed by atoms with Gasteiger partial charge in [-0.3, -0.25) is 0 Å². The molecule has 15 heavy (non-hydrogen) atoms. The van der Waals surface area contributed by atoms with Crippen LogP contribution in [-0.4, -0.2) is 35.6 Å². The van der Waals surface area contributed by atoms with Crippen molar-refractivity contribution in [2.45, 2.75) is 50.8 Å². The van der Waals surface area contributed by atoms with Crippen molar-refractivity contribution < 1.29 is 14.6 Å².